The Kier molecular flexibility index (Phi) is 7.29. The zero-order valence-electron chi connectivity index (χ0n) is 11.7. The number of aromatic nitrogens is 2. The van der Waals surface area contributed by atoms with E-state index >= 15 is 0 Å². The summed E-state index contributed by atoms with van der Waals surface area (Å²) in [6, 6.07) is 0. The van der Waals surface area contributed by atoms with Crippen LogP contribution >= 0.6 is 0 Å². The lowest BCUT2D eigenvalue weighted by Crippen LogP contribution is -2.25. The van der Waals surface area contributed by atoms with Crippen LogP contribution in [-0.2, 0) is 30.8 Å². The summed E-state index contributed by atoms with van der Waals surface area (Å²) in [5.41, 5.74) is 0. The van der Waals surface area contributed by atoms with Crippen LogP contribution in [0.15, 0.2) is 17.3 Å². The number of carboxylic acid groups (broad SMARTS) is 1. The highest BCUT2D eigenvalue weighted by Crippen LogP contribution is 2.06. The summed E-state index contributed by atoms with van der Waals surface area (Å²) in [6.45, 7) is 1.21. The molecule has 0 aliphatic heterocycles. The van der Waals surface area contributed by atoms with E-state index in [9.17, 15) is 13.2 Å². The van der Waals surface area contributed by atoms with Crippen molar-refractivity contribution in [1.29, 1.82) is 0 Å². The number of nitrogens with zero attached hydrogens (tertiary/aromatic N) is 2. The topological polar surface area (TPSA) is 120 Å². The summed E-state index contributed by atoms with van der Waals surface area (Å²) in [7, 11) is -2.11. The van der Waals surface area contributed by atoms with Crippen LogP contribution in [0.25, 0.3) is 0 Å². The molecule has 0 atom stereocenters. The normalized spacial score (nSPS) is 11.7. The number of nitrogens with one attached hydrogen (secondary N) is 1. The van der Waals surface area contributed by atoms with Crippen LogP contribution in [0.4, 0.5) is 0 Å². The van der Waals surface area contributed by atoms with Gasteiger partial charge in [0.05, 0.1) is 19.4 Å². The molecule has 0 unspecified atom stereocenters. The van der Waals surface area contributed by atoms with Gasteiger partial charge in [0.2, 0.25) is 10.0 Å². The highest BCUT2D eigenvalue weighted by Gasteiger charge is 2.16. The van der Waals surface area contributed by atoms with Crippen molar-refractivity contribution in [2.75, 3.05) is 33.5 Å². The highest BCUT2D eigenvalue weighted by molar-refractivity contribution is 7.89. The van der Waals surface area contributed by atoms with Gasteiger partial charge in [0.1, 0.15) is 11.4 Å². The average molecular weight is 321 g/mol. The minimum Gasteiger partial charge on any atom is -0.480 e. The molecule has 10 heteroatoms. The Morgan fingerprint density at radius 3 is 2.86 bits per heavy atom. The zero-order valence-corrected chi connectivity index (χ0v) is 12.5. The molecule has 2 N–H and O–H groups in total. The van der Waals surface area contributed by atoms with Crippen LogP contribution < -0.4 is 4.72 Å². The maximum absolute atomic E-state index is 11.9. The predicted octanol–water partition coefficient (Wildman–Crippen LogP) is -0.701. The van der Waals surface area contributed by atoms with Crippen molar-refractivity contribution in [3.63, 3.8) is 0 Å². The van der Waals surface area contributed by atoms with Gasteiger partial charge in [-0.2, -0.15) is 5.10 Å². The van der Waals surface area contributed by atoms with Crippen LogP contribution in [0.2, 0.25) is 0 Å². The van der Waals surface area contributed by atoms with Gasteiger partial charge in [0.15, 0.2) is 0 Å². The minimum absolute atomic E-state index is 0.0657. The molecular weight excluding hydrogens is 302 g/mol. The van der Waals surface area contributed by atoms with Gasteiger partial charge in [-0.25, -0.2) is 13.1 Å². The lowest BCUT2D eigenvalue weighted by atomic mass is 10.5. The maximum Gasteiger partial charge on any atom is 0.325 e. The van der Waals surface area contributed by atoms with E-state index in [0.717, 1.165) is 10.9 Å². The molecule has 9 nitrogen and oxygen atoms in total. The maximum atomic E-state index is 11.9. The second-order valence-corrected chi connectivity index (χ2v) is 5.89. The van der Waals surface area contributed by atoms with Gasteiger partial charge in [-0.05, 0) is 6.42 Å². The van der Waals surface area contributed by atoms with E-state index in [2.05, 4.69) is 9.82 Å². The van der Waals surface area contributed by atoms with Gasteiger partial charge >= 0.3 is 5.97 Å². The van der Waals surface area contributed by atoms with Gasteiger partial charge < -0.3 is 14.6 Å². The van der Waals surface area contributed by atoms with Crippen LogP contribution in [0.3, 0.4) is 0 Å². The highest BCUT2D eigenvalue weighted by atomic mass is 32.2. The zero-order chi connectivity index (χ0) is 15.7. The van der Waals surface area contributed by atoms with Gasteiger partial charge in [0, 0.05) is 26.5 Å². The molecule has 0 radical (unpaired) electrons. The largest absolute Gasteiger partial charge is 0.480 e. The monoisotopic (exact) mass is 321 g/mol. The van der Waals surface area contributed by atoms with E-state index in [4.69, 9.17) is 14.6 Å². The lowest BCUT2D eigenvalue weighted by molar-refractivity contribution is -0.137. The summed E-state index contributed by atoms with van der Waals surface area (Å²) < 4.78 is 37.2. The number of sulfonamides is 1. The molecule has 0 saturated carbocycles. The summed E-state index contributed by atoms with van der Waals surface area (Å²) in [4.78, 5) is 10.4. The van der Waals surface area contributed by atoms with Crippen molar-refractivity contribution in [3.8, 4) is 0 Å². The predicted molar refractivity (Wildman–Crippen MR) is 72.4 cm³/mol. The third-order valence-corrected chi connectivity index (χ3v) is 3.82. The van der Waals surface area contributed by atoms with Crippen molar-refractivity contribution in [2.45, 2.75) is 17.9 Å². The van der Waals surface area contributed by atoms with Crippen LogP contribution in [0, 0.1) is 0 Å². The number of hydrogen-bond donors (Lipinski definition) is 2. The van der Waals surface area contributed by atoms with Crippen molar-refractivity contribution in [1.82, 2.24) is 14.5 Å². The van der Waals surface area contributed by atoms with Crippen molar-refractivity contribution in [2.24, 2.45) is 0 Å². The number of rotatable bonds is 11. The second kappa shape index (κ2) is 8.72. The first-order valence-corrected chi connectivity index (χ1v) is 7.74. The van der Waals surface area contributed by atoms with Gasteiger partial charge in [-0.15, -0.1) is 0 Å². The summed E-state index contributed by atoms with van der Waals surface area (Å²) >= 11 is 0. The molecule has 1 heterocycles. The molecule has 21 heavy (non-hydrogen) atoms. The van der Waals surface area contributed by atoms with Crippen molar-refractivity contribution in [3.05, 3.63) is 12.4 Å². The van der Waals surface area contributed by atoms with E-state index in [1.807, 2.05) is 0 Å². The van der Waals surface area contributed by atoms with Gasteiger partial charge in [-0.1, -0.05) is 0 Å². The average Bonchev–Trinajstić information content (AvgIpc) is 2.86. The van der Waals surface area contributed by atoms with Gasteiger partial charge in [0.25, 0.3) is 0 Å². The molecule has 0 saturated heterocycles. The number of aliphatic carboxylic acids is 1. The number of ether oxygens (including phenoxy) is 2. The fraction of sp³-hybridized carbons (Fsp3) is 0.636. The Labute approximate surface area is 122 Å². The summed E-state index contributed by atoms with van der Waals surface area (Å²) in [5, 5.41) is 12.3. The first kappa shape index (κ1) is 17.6. The molecule has 1 aromatic heterocycles. The molecule has 0 bridgehead atoms. The molecule has 0 fully saturated rings. The van der Waals surface area contributed by atoms with E-state index in [0.29, 0.717) is 26.2 Å². The second-order valence-electron chi connectivity index (χ2n) is 4.12. The van der Waals surface area contributed by atoms with E-state index in [-0.39, 0.29) is 18.0 Å². The third-order valence-electron chi connectivity index (χ3n) is 2.41. The van der Waals surface area contributed by atoms with Crippen LogP contribution in [0.5, 0.6) is 0 Å². The van der Waals surface area contributed by atoms with Crippen LogP contribution in [-0.4, -0.2) is 62.7 Å². The first-order chi connectivity index (χ1) is 9.95. The Balaban J connectivity index is 2.36. The Hall–Kier alpha value is -1.49. The fourth-order valence-corrected chi connectivity index (χ4v) is 2.44. The molecule has 0 aliphatic rings. The molecule has 0 spiro atoms. The fourth-order valence-electron chi connectivity index (χ4n) is 1.42. The van der Waals surface area contributed by atoms with E-state index in [1.54, 1.807) is 7.11 Å². The Morgan fingerprint density at radius 2 is 2.19 bits per heavy atom. The van der Waals surface area contributed by atoms with E-state index in [1.165, 1.54) is 6.20 Å². The molecule has 0 aliphatic carbocycles. The van der Waals surface area contributed by atoms with Gasteiger partial charge in [-0.3, -0.25) is 9.48 Å². The SMILES string of the molecule is COCCOCCCNS(=O)(=O)c1cnn(CC(=O)O)c1. The van der Waals surface area contributed by atoms with Crippen LogP contribution in [0.1, 0.15) is 6.42 Å². The quantitative estimate of drug-likeness (QED) is 0.517. The summed E-state index contributed by atoms with van der Waals surface area (Å²) in [6.07, 6.45) is 2.80. The third kappa shape index (κ3) is 6.67. The number of methoxy groups -OCH3 is 1. The Morgan fingerprint density at radius 1 is 1.43 bits per heavy atom. The number of carboxylic acids is 1. The van der Waals surface area contributed by atoms with Crippen molar-refractivity contribution < 1.29 is 27.8 Å². The minimum atomic E-state index is -3.68. The molecule has 1 rings (SSSR count). The smallest absolute Gasteiger partial charge is 0.325 e. The van der Waals surface area contributed by atoms with E-state index < -0.39 is 16.0 Å². The molecule has 1 aromatic rings. The molecule has 0 amide bonds. The lowest BCUT2D eigenvalue weighted by Gasteiger charge is -2.05. The standard InChI is InChI=1S/C11H19N3O6S/c1-19-5-6-20-4-2-3-13-21(17,18)10-7-12-14(8-10)9-11(15)16/h7-8,13H,2-6,9H2,1H3,(H,15,16). The number of hydrogen-bond acceptors (Lipinski definition) is 6. The first-order valence-electron chi connectivity index (χ1n) is 6.26. The van der Waals surface area contributed by atoms with Crippen molar-refractivity contribution >= 4 is 16.0 Å². The summed E-state index contributed by atoms with van der Waals surface area (Å²) in [5.74, 6) is -1.09. The molecular formula is C11H19N3O6S. The Bertz CT molecular complexity index is 542. The molecule has 120 valence electrons. The number of carbonyl (C=O) groups is 1. The molecule has 0 aromatic carbocycles.